The fourth-order valence-electron chi connectivity index (χ4n) is 1.81. The molecule has 16 heavy (non-hydrogen) atoms. The molecule has 2 heterocycles. The molecule has 1 fully saturated rings. The monoisotopic (exact) mass is 226 g/mol. The molecule has 1 aliphatic heterocycles. The van der Waals surface area contributed by atoms with Crippen LogP contribution < -0.4 is 11.1 Å². The molecule has 2 unspecified atom stereocenters. The van der Waals surface area contributed by atoms with Crippen LogP contribution in [0.1, 0.15) is 19.2 Å². The topological polar surface area (TPSA) is 86.2 Å². The normalized spacial score (nSPS) is 24.9. The summed E-state index contributed by atoms with van der Waals surface area (Å²) >= 11 is 0. The number of rotatable bonds is 5. The lowest BCUT2D eigenvalue weighted by Crippen LogP contribution is -2.20. The molecule has 0 spiro atoms. The summed E-state index contributed by atoms with van der Waals surface area (Å²) in [4.78, 5) is 0. The molecule has 0 radical (unpaired) electrons. The van der Waals surface area contributed by atoms with E-state index in [9.17, 15) is 0 Å². The Morgan fingerprint density at radius 1 is 1.50 bits per heavy atom. The summed E-state index contributed by atoms with van der Waals surface area (Å²) in [5.74, 6) is 1.10. The highest BCUT2D eigenvalue weighted by molar-refractivity contribution is 5.17. The highest BCUT2D eigenvalue weighted by atomic mass is 16.5. The molecule has 2 rings (SSSR count). The SMILES string of the molecule is CC1OCCC1CNc1nnc(CCN)o1. The summed E-state index contributed by atoms with van der Waals surface area (Å²) in [6.07, 6.45) is 2.01. The lowest BCUT2D eigenvalue weighted by molar-refractivity contribution is 0.108. The Kier molecular flexibility index (Phi) is 3.74. The maximum atomic E-state index is 5.47. The maximum Gasteiger partial charge on any atom is 0.315 e. The molecule has 3 N–H and O–H groups in total. The zero-order valence-corrected chi connectivity index (χ0v) is 9.48. The molecular formula is C10H18N4O2. The Morgan fingerprint density at radius 3 is 3.06 bits per heavy atom. The van der Waals surface area contributed by atoms with E-state index >= 15 is 0 Å². The van der Waals surface area contributed by atoms with E-state index < -0.39 is 0 Å². The van der Waals surface area contributed by atoms with Crippen LogP contribution in [0, 0.1) is 5.92 Å². The number of ether oxygens (including phenoxy) is 1. The van der Waals surface area contributed by atoms with E-state index in [1.807, 2.05) is 0 Å². The van der Waals surface area contributed by atoms with Gasteiger partial charge in [-0.05, 0) is 13.3 Å². The number of hydrogen-bond acceptors (Lipinski definition) is 6. The largest absolute Gasteiger partial charge is 0.408 e. The third-order valence-corrected chi connectivity index (χ3v) is 2.87. The predicted molar refractivity (Wildman–Crippen MR) is 59.1 cm³/mol. The molecular weight excluding hydrogens is 208 g/mol. The Morgan fingerprint density at radius 2 is 2.38 bits per heavy atom. The van der Waals surface area contributed by atoms with Gasteiger partial charge in [0.2, 0.25) is 5.89 Å². The second kappa shape index (κ2) is 5.27. The predicted octanol–water partition coefficient (Wildman–Crippen LogP) is 0.408. The van der Waals surface area contributed by atoms with E-state index in [4.69, 9.17) is 14.9 Å². The van der Waals surface area contributed by atoms with Gasteiger partial charge in [-0.15, -0.1) is 5.10 Å². The minimum Gasteiger partial charge on any atom is -0.408 e. The van der Waals surface area contributed by atoms with Gasteiger partial charge in [0.15, 0.2) is 0 Å². The van der Waals surface area contributed by atoms with Gasteiger partial charge in [0.1, 0.15) is 0 Å². The van der Waals surface area contributed by atoms with Gasteiger partial charge in [-0.3, -0.25) is 0 Å². The fourth-order valence-corrected chi connectivity index (χ4v) is 1.81. The Labute approximate surface area is 94.6 Å². The van der Waals surface area contributed by atoms with E-state index in [0.29, 0.717) is 36.9 Å². The summed E-state index contributed by atoms with van der Waals surface area (Å²) in [5, 5.41) is 10.9. The van der Waals surface area contributed by atoms with Crippen LogP contribution in [0.5, 0.6) is 0 Å². The van der Waals surface area contributed by atoms with Crippen LogP contribution in [0.25, 0.3) is 0 Å². The van der Waals surface area contributed by atoms with Gasteiger partial charge in [0.05, 0.1) is 6.10 Å². The maximum absolute atomic E-state index is 5.47. The smallest absolute Gasteiger partial charge is 0.315 e. The van der Waals surface area contributed by atoms with Crippen molar-refractivity contribution in [2.45, 2.75) is 25.9 Å². The van der Waals surface area contributed by atoms with Crippen molar-refractivity contribution < 1.29 is 9.15 Å². The molecule has 90 valence electrons. The van der Waals surface area contributed by atoms with Crippen molar-refractivity contribution in [2.24, 2.45) is 11.7 Å². The third kappa shape index (κ3) is 2.70. The van der Waals surface area contributed by atoms with E-state index in [1.165, 1.54) is 0 Å². The molecule has 1 aromatic heterocycles. The molecule has 1 saturated heterocycles. The molecule has 0 aliphatic carbocycles. The van der Waals surface area contributed by atoms with Crippen molar-refractivity contribution in [1.29, 1.82) is 0 Å². The third-order valence-electron chi connectivity index (χ3n) is 2.87. The first-order valence-corrected chi connectivity index (χ1v) is 5.67. The first kappa shape index (κ1) is 11.3. The quantitative estimate of drug-likeness (QED) is 0.756. The molecule has 0 amide bonds. The van der Waals surface area contributed by atoms with Gasteiger partial charge in [0.25, 0.3) is 0 Å². The lowest BCUT2D eigenvalue weighted by Gasteiger charge is -2.13. The second-order valence-corrected chi connectivity index (χ2v) is 4.05. The molecule has 6 heteroatoms. The molecule has 1 aliphatic rings. The number of nitrogens with two attached hydrogens (primary N) is 1. The number of aromatic nitrogens is 2. The van der Waals surface area contributed by atoms with Crippen LogP contribution in [0.3, 0.4) is 0 Å². The van der Waals surface area contributed by atoms with E-state index in [0.717, 1.165) is 19.6 Å². The van der Waals surface area contributed by atoms with E-state index in [2.05, 4.69) is 22.4 Å². The number of nitrogens with one attached hydrogen (secondary N) is 1. The van der Waals surface area contributed by atoms with E-state index in [1.54, 1.807) is 0 Å². The summed E-state index contributed by atoms with van der Waals surface area (Å²) in [5.41, 5.74) is 5.40. The average molecular weight is 226 g/mol. The van der Waals surface area contributed by atoms with Crippen LogP contribution >= 0.6 is 0 Å². The first-order valence-electron chi connectivity index (χ1n) is 5.67. The number of nitrogens with zero attached hydrogens (tertiary/aromatic N) is 2. The Bertz CT molecular complexity index is 328. The molecule has 0 bridgehead atoms. The van der Waals surface area contributed by atoms with Crippen LogP contribution in [0.15, 0.2) is 4.42 Å². The average Bonchev–Trinajstić information content (AvgIpc) is 2.86. The minimum atomic E-state index is 0.305. The van der Waals surface area contributed by atoms with Crippen molar-refractivity contribution in [2.75, 3.05) is 25.0 Å². The summed E-state index contributed by atoms with van der Waals surface area (Å²) in [6.45, 7) is 4.27. The van der Waals surface area contributed by atoms with Crippen LogP contribution in [-0.2, 0) is 11.2 Å². The molecule has 1 aromatic rings. The van der Waals surface area contributed by atoms with Crippen molar-refractivity contribution >= 4 is 6.01 Å². The second-order valence-electron chi connectivity index (χ2n) is 4.05. The van der Waals surface area contributed by atoms with Gasteiger partial charge in [0, 0.05) is 32.0 Å². The van der Waals surface area contributed by atoms with Crippen LogP contribution in [0.4, 0.5) is 6.01 Å². The fraction of sp³-hybridized carbons (Fsp3) is 0.800. The number of hydrogen-bond donors (Lipinski definition) is 2. The highest BCUT2D eigenvalue weighted by Crippen LogP contribution is 2.20. The van der Waals surface area contributed by atoms with Crippen LogP contribution in [-0.4, -0.2) is 36.0 Å². The molecule has 6 nitrogen and oxygen atoms in total. The van der Waals surface area contributed by atoms with Gasteiger partial charge >= 0.3 is 6.01 Å². The summed E-state index contributed by atoms with van der Waals surface area (Å²) in [6, 6.07) is 0.475. The van der Waals surface area contributed by atoms with Crippen molar-refractivity contribution in [3.05, 3.63) is 5.89 Å². The van der Waals surface area contributed by atoms with Crippen LogP contribution in [0.2, 0.25) is 0 Å². The zero-order valence-electron chi connectivity index (χ0n) is 9.48. The van der Waals surface area contributed by atoms with E-state index in [-0.39, 0.29) is 0 Å². The summed E-state index contributed by atoms with van der Waals surface area (Å²) < 4.78 is 10.8. The molecule has 0 saturated carbocycles. The van der Waals surface area contributed by atoms with Gasteiger partial charge in [-0.1, -0.05) is 5.10 Å². The van der Waals surface area contributed by atoms with Gasteiger partial charge in [-0.2, -0.15) is 0 Å². The minimum absolute atomic E-state index is 0.305. The number of anilines is 1. The Balaban J connectivity index is 1.80. The van der Waals surface area contributed by atoms with Crippen molar-refractivity contribution in [3.63, 3.8) is 0 Å². The van der Waals surface area contributed by atoms with Crippen molar-refractivity contribution in [1.82, 2.24) is 10.2 Å². The standard InChI is InChI=1S/C10H18N4O2/c1-7-8(3-5-15-7)6-12-10-14-13-9(16-10)2-4-11/h7-8H,2-6,11H2,1H3,(H,12,14). The molecule has 2 atom stereocenters. The first-order chi connectivity index (χ1) is 7.79. The van der Waals surface area contributed by atoms with Gasteiger partial charge in [-0.25, -0.2) is 0 Å². The molecule has 0 aromatic carbocycles. The zero-order chi connectivity index (χ0) is 11.4. The lowest BCUT2D eigenvalue weighted by atomic mass is 10.0. The van der Waals surface area contributed by atoms with Crippen molar-refractivity contribution in [3.8, 4) is 0 Å². The summed E-state index contributed by atoms with van der Waals surface area (Å²) in [7, 11) is 0. The highest BCUT2D eigenvalue weighted by Gasteiger charge is 2.24. The Hall–Kier alpha value is -1.14. The van der Waals surface area contributed by atoms with Gasteiger partial charge < -0.3 is 20.2 Å².